The van der Waals surface area contributed by atoms with E-state index >= 15 is 0 Å². The van der Waals surface area contributed by atoms with Crippen LogP contribution >= 0.6 is 11.8 Å². The smallest absolute Gasteiger partial charge is 0.313 e. The van der Waals surface area contributed by atoms with Crippen LogP contribution in [0.4, 0.5) is 0 Å². The third-order valence-corrected chi connectivity index (χ3v) is 4.85. The largest absolute Gasteiger partial charge is 0.481 e. The van der Waals surface area contributed by atoms with E-state index in [-0.39, 0.29) is 11.7 Å². The number of carbonyl (C=O) groups is 1. The second-order valence-corrected chi connectivity index (χ2v) is 6.86. The van der Waals surface area contributed by atoms with E-state index in [1.165, 1.54) is 31.0 Å². The lowest BCUT2D eigenvalue weighted by molar-refractivity contribution is -0.133. The minimum atomic E-state index is -0.824. The van der Waals surface area contributed by atoms with Gasteiger partial charge in [-0.15, -0.1) is 10.2 Å². The Balaban J connectivity index is 2.17. The summed E-state index contributed by atoms with van der Waals surface area (Å²) in [5.41, 5.74) is 0. The van der Waals surface area contributed by atoms with Crippen LogP contribution in [0.2, 0.25) is 0 Å². The summed E-state index contributed by atoms with van der Waals surface area (Å²) in [4.78, 5) is 13.2. The Morgan fingerprint density at radius 2 is 2.19 bits per heavy atom. The molecule has 2 heterocycles. The molecule has 2 rings (SSSR count). The van der Waals surface area contributed by atoms with Crippen molar-refractivity contribution in [1.82, 2.24) is 19.7 Å². The number of aromatic nitrogens is 3. The van der Waals surface area contributed by atoms with Crippen molar-refractivity contribution in [2.24, 2.45) is 0 Å². The molecule has 0 amide bonds. The highest BCUT2D eigenvalue weighted by Gasteiger charge is 2.23. The SMILES string of the molecule is CC(C)c1nnc(SCC(=O)O)n1CC1CCCCN1C. The third-order valence-electron chi connectivity index (χ3n) is 3.90. The van der Waals surface area contributed by atoms with Gasteiger partial charge in [0.2, 0.25) is 0 Å². The van der Waals surface area contributed by atoms with E-state index in [9.17, 15) is 4.79 Å². The minimum absolute atomic E-state index is 0.0245. The molecule has 118 valence electrons. The molecule has 0 aromatic carbocycles. The summed E-state index contributed by atoms with van der Waals surface area (Å²) in [7, 11) is 2.16. The minimum Gasteiger partial charge on any atom is -0.481 e. The van der Waals surface area contributed by atoms with Crippen LogP contribution in [0, 0.1) is 0 Å². The van der Waals surface area contributed by atoms with Crippen LogP contribution in [0.3, 0.4) is 0 Å². The average molecular weight is 312 g/mol. The summed E-state index contributed by atoms with van der Waals surface area (Å²) in [5.74, 6) is 0.430. The third kappa shape index (κ3) is 4.20. The molecule has 1 unspecified atom stereocenters. The summed E-state index contributed by atoms with van der Waals surface area (Å²) in [5, 5.41) is 18.0. The van der Waals surface area contributed by atoms with E-state index in [2.05, 4.69) is 40.6 Å². The second-order valence-electron chi connectivity index (χ2n) is 5.92. The van der Waals surface area contributed by atoms with Crippen LogP contribution in [0.5, 0.6) is 0 Å². The Morgan fingerprint density at radius 3 is 2.81 bits per heavy atom. The molecule has 0 saturated carbocycles. The van der Waals surface area contributed by atoms with Crippen molar-refractivity contribution in [3.8, 4) is 0 Å². The van der Waals surface area contributed by atoms with Crippen molar-refractivity contribution >= 4 is 17.7 Å². The number of likely N-dealkylation sites (N-methyl/N-ethyl adjacent to an activating group) is 1. The molecule has 1 aliphatic rings. The number of hydrogen-bond donors (Lipinski definition) is 1. The Kier molecular flexibility index (Phi) is 5.64. The molecule has 0 aliphatic carbocycles. The highest BCUT2D eigenvalue weighted by molar-refractivity contribution is 7.99. The quantitative estimate of drug-likeness (QED) is 0.811. The zero-order valence-corrected chi connectivity index (χ0v) is 13.8. The van der Waals surface area contributed by atoms with Gasteiger partial charge in [0.05, 0.1) is 5.75 Å². The van der Waals surface area contributed by atoms with Crippen LogP contribution in [0.15, 0.2) is 5.16 Å². The fourth-order valence-electron chi connectivity index (χ4n) is 2.72. The summed E-state index contributed by atoms with van der Waals surface area (Å²) in [6, 6.07) is 0.483. The van der Waals surface area contributed by atoms with Crippen molar-refractivity contribution in [3.63, 3.8) is 0 Å². The van der Waals surface area contributed by atoms with Gasteiger partial charge >= 0.3 is 5.97 Å². The molecule has 0 radical (unpaired) electrons. The zero-order chi connectivity index (χ0) is 15.4. The number of likely N-dealkylation sites (tertiary alicyclic amines) is 1. The van der Waals surface area contributed by atoms with Crippen LogP contribution in [0.1, 0.15) is 44.9 Å². The molecular formula is C14H24N4O2S. The van der Waals surface area contributed by atoms with Gasteiger partial charge < -0.3 is 14.6 Å². The van der Waals surface area contributed by atoms with Crippen LogP contribution in [-0.2, 0) is 11.3 Å². The fourth-order valence-corrected chi connectivity index (χ4v) is 3.39. The van der Waals surface area contributed by atoms with Gasteiger partial charge in [0.25, 0.3) is 0 Å². The topological polar surface area (TPSA) is 71.2 Å². The highest BCUT2D eigenvalue weighted by atomic mass is 32.2. The number of aliphatic carboxylic acids is 1. The van der Waals surface area contributed by atoms with Crippen LogP contribution in [-0.4, -0.2) is 56.1 Å². The first-order valence-electron chi connectivity index (χ1n) is 7.47. The van der Waals surface area contributed by atoms with Gasteiger partial charge in [0, 0.05) is 18.5 Å². The van der Waals surface area contributed by atoms with E-state index in [1.54, 1.807) is 0 Å². The predicted molar refractivity (Wildman–Crippen MR) is 82.7 cm³/mol. The molecule has 0 bridgehead atoms. The maximum Gasteiger partial charge on any atom is 0.313 e. The number of carboxylic acids is 1. The van der Waals surface area contributed by atoms with Crippen molar-refractivity contribution < 1.29 is 9.90 Å². The first kappa shape index (κ1) is 16.3. The molecule has 1 atom stereocenters. The maximum atomic E-state index is 10.8. The standard InChI is InChI=1S/C14H24N4O2S/c1-10(2)13-15-16-14(21-9-12(19)20)18(13)8-11-6-4-5-7-17(11)3/h10-11H,4-9H2,1-3H3,(H,19,20). The summed E-state index contributed by atoms with van der Waals surface area (Å²) in [6.07, 6.45) is 3.69. The van der Waals surface area contributed by atoms with Crippen molar-refractivity contribution in [1.29, 1.82) is 0 Å². The summed E-state index contributed by atoms with van der Waals surface area (Å²) < 4.78 is 2.12. The molecular weight excluding hydrogens is 288 g/mol. The van der Waals surface area contributed by atoms with Crippen LogP contribution in [0.25, 0.3) is 0 Å². The van der Waals surface area contributed by atoms with Gasteiger partial charge in [-0.1, -0.05) is 32.0 Å². The van der Waals surface area contributed by atoms with Gasteiger partial charge in [0.15, 0.2) is 5.16 Å². The van der Waals surface area contributed by atoms with E-state index in [0.29, 0.717) is 6.04 Å². The second kappa shape index (κ2) is 7.26. The number of piperidine rings is 1. The molecule has 1 fully saturated rings. The Bertz CT molecular complexity index is 489. The van der Waals surface area contributed by atoms with Gasteiger partial charge in [-0.3, -0.25) is 4.79 Å². The van der Waals surface area contributed by atoms with Gasteiger partial charge in [0.1, 0.15) is 5.82 Å². The Hall–Kier alpha value is -1.08. The number of rotatable bonds is 6. The lowest BCUT2D eigenvalue weighted by Gasteiger charge is -2.33. The normalized spacial score (nSPS) is 20.1. The number of carboxylic acid groups (broad SMARTS) is 1. The maximum absolute atomic E-state index is 10.8. The molecule has 1 aromatic heterocycles. The zero-order valence-electron chi connectivity index (χ0n) is 12.9. The monoisotopic (exact) mass is 312 g/mol. The predicted octanol–water partition coefficient (Wildman–Crippen LogP) is 2.06. The summed E-state index contributed by atoms with van der Waals surface area (Å²) >= 11 is 1.25. The Morgan fingerprint density at radius 1 is 1.43 bits per heavy atom. The molecule has 1 N–H and O–H groups in total. The van der Waals surface area contributed by atoms with Crippen molar-refractivity contribution in [3.05, 3.63) is 5.82 Å². The lowest BCUT2D eigenvalue weighted by Crippen LogP contribution is -2.39. The van der Waals surface area contributed by atoms with Crippen molar-refractivity contribution in [2.75, 3.05) is 19.3 Å². The first-order valence-corrected chi connectivity index (χ1v) is 8.45. The fraction of sp³-hybridized carbons (Fsp3) is 0.786. The summed E-state index contributed by atoms with van der Waals surface area (Å²) in [6.45, 7) is 6.16. The van der Waals surface area contributed by atoms with E-state index in [1.807, 2.05) is 0 Å². The van der Waals surface area contributed by atoms with Gasteiger partial charge in [-0.05, 0) is 26.4 Å². The first-order chi connectivity index (χ1) is 9.99. The number of thioether (sulfide) groups is 1. The average Bonchev–Trinajstić information content (AvgIpc) is 2.82. The van der Waals surface area contributed by atoms with E-state index in [4.69, 9.17) is 5.11 Å². The van der Waals surface area contributed by atoms with Gasteiger partial charge in [-0.2, -0.15) is 0 Å². The van der Waals surface area contributed by atoms with Gasteiger partial charge in [-0.25, -0.2) is 0 Å². The Labute approximate surface area is 129 Å². The molecule has 6 nitrogen and oxygen atoms in total. The lowest BCUT2D eigenvalue weighted by atomic mass is 10.0. The number of nitrogens with zero attached hydrogens (tertiary/aromatic N) is 4. The van der Waals surface area contributed by atoms with E-state index in [0.717, 1.165) is 24.1 Å². The van der Waals surface area contributed by atoms with Crippen molar-refractivity contribution in [2.45, 2.75) is 56.8 Å². The highest BCUT2D eigenvalue weighted by Crippen LogP contribution is 2.24. The van der Waals surface area contributed by atoms with Crippen LogP contribution < -0.4 is 0 Å². The molecule has 1 saturated heterocycles. The molecule has 21 heavy (non-hydrogen) atoms. The van der Waals surface area contributed by atoms with E-state index < -0.39 is 5.97 Å². The molecule has 0 spiro atoms. The molecule has 7 heteroatoms. The number of hydrogen-bond acceptors (Lipinski definition) is 5. The molecule has 1 aliphatic heterocycles. The molecule has 1 aromatic rings.